The van der Waals surface area contributed by atoms with E-state index in [-0.39, 0.29) is 12.1 Å². The van der Waals surface area contributed by atoms with Crippen molar-refractivity contribution in [1.82, 2.24) is 25.2 Å². The third-order valence-electron chi connectivity index (χ3n) is 6.45. The van der Waals surface area contributed by atoms with Crippen molar-refractivity contribution in [3.8, 4) is 11.5 Å². The zero-order valence-corrected chi connectivity index (χ0v) is 20.7. The molecule has 3 aromatic rings. The molecule has 0 unspecified atom stereocenters. The van der Waals surface area contributed by atoms with E-state index in [9.17, 15) is 4.79 Å². The van der Waals surface area contributed by atoms with Crippen LogP contribution in [0.5, 0.6) is 11.5 Å². The Kier molecular flexibility index (Phi) is 8.18. The maximum atomic E-state index is 13.1. The third-order valence-corrected chi connectivity index (χ3v) is 6.45. The van der Waals surface area contributed by atoms with Gasteiger partial charge in [0.15, 0.2) is 11.5 Å². The van der Waals surface area contributed by atoms with Crippen molar-refractivity contribution in [2.75, 3.05) is 38.8 Å². The largest absolute Gasteiger partial charge is 0.493 e. The normalized spacial score (nSPS) is 14.1. The first-order valence-corrected chi connectivity index (χ1v) is 12.2. The van der Waals surface area contributed by atoms with Gasteiger partial charge in [-0.2, -0.15) is 0 Å². The van der Waals surface area contributed by atoms with Crippen molar-refractivity contribution >= 4 is 22.8 Å². The Bertz CT molecular complexity index is 1120. The van der Waals surface area contributed by atoms with Crippen LogP contribution in [0.2, 0.25) is 0 Å². The van der Waals surface area contributed by atoms with E-state index in [0.29, 0.717) is 24.6 Å². The van der Waals surface area contributed by atoms with Gasteiger partial charge in [0.05, 0.1) is 32.0 Å². The Morgan fingerprint density at radius 2 is 1.89 bits per heavy atom. The number of unbranched alkanes of at least 4 members (excludes halogenated alkanes) is 1. The Morgan fingerprint density at radius 1 is 1.11 bits per heavy atom. The number of nitrogens with one attached hydrogen (secondary N) is 1. The summed E-state index contributed by atoms with van der Waals surface area (Å²) in [4.78, 5) is 30.8. The van der Waals surface area contributed by atoms with Gasteiger partial charge in [-0.15, -0.1) is 0 Å². The highest BCUT2D eigenvalue weighted by Gasteiger charge is 2.29. The number of benzene rings is 1. The number of nitrogens with zero attached hydrogens (tertiary/aromatic N) is 5. The minimum atomic E-state index is -0.0214. The van der Waals surface area contributed by atoms with Crippen molar-refractivity contribution in [3.05, 3.63) is 48.5 Å². The summed E-state index contributed by atoms with van der Waals surface area (Å²) in [6.45, 7) is 4.87. The molecule has 4 rings (SSSR count). The first kappa shape index (κ1) is 24.5. The van der Waals surface area contributed by atoms with Crippen molar-refractivity contribution < 1.29 is 14.3 Å². The molecule has 1 saturated heterocycles. The molecule has 9 heteroatoms. The Hall–Kier alpha value is -3.62. The lowest BCUT2D eigenvalue weighted by atomic mass is 10.0. The Balaban J connectivity index is 1.51. The van der Waals surface area contributed by atoms with Crippen molar-refractivity contribution in [1.29, 1.82) is 0 Å². The number of rotatable bonds is 9. The second-order valence-corrected chi connectivity index (χ2v) is 8.67. The number of carbonyl (C=O) groups is 1. The van der Waals surface area contributed by atoms with E-state index in [4.69, 9.17) is 9.47 Å². The molecule has 9 nitrogen and oxygen atoms in total. The quantitative estimate of drug-likeness (QED) is 0.464. The van der Waals surface area contributed by atoms with Crippen LogP contribution in [0.4, 0.5) is 10.6 Å². The van der Waals surface area contributed by atoms with Gasteiger partial charge in [-0.3, -0.25) is 4.98 Å². The van der Waals surface area contributed by atoms with E-state index >= 15 is 0 Å². The fourth-order valence-corrected chi connectivity index (χ4v) is 4.52. The highest BCUT2D eigenvalue weighted by atomic mass is 16.5. The van der Waals surface area contributed by atoms with Crippen LogP contribution < -0.4 is 19.7 Å². The fraction of sp³-hybridized carbons (Fsp3) is 0.462. The molecular weight excluding hydrogens is 444 g/mol. The van der Waals surface area contributed by atoms with Gasteiger partial charge in [-0.1, -0.05) is 19.4 Å². The minimum absolute atomic E-state index is 0.0214. The van der Waals surface area contributed by atoms with Crippen LogP contribution in [-0.4, -0.2) is 65.8 Å². The molecule has 0 spiro atoms. The van der Waals surface area contributed by atoms with E-state index in [1.165, 1.54) is 0 Å². The first-order chi connectivity index (χ1) is 17.1. The van der Waals surface area contributed by atoms with Crippen molar-refractivity contribution in [3.63, 3.8) is 0 Å². The van der Waals surface area contributed by atoms with Crippen LogP contribution in [0.3, 0.4) is 0 Å². The van der Waals surface area contributed by atoms with Gasteiger partial charge < -0.3 is 24.6 Å². The number of hydrogen-bond donors (Lipinski definition) is 1. The maximum Gasteiger partial charge on any atom is 0.318 e. The van der Waals surface area contributed by atoms with Gasteiger partial charge in [0.1, 0.15) is 12.1 Å². The second kappa shape index (κ2) is 11.7. The molecule has 1 aliphatic heterocycles. The van der Waals surface area contributed by atoms with Gasteiger partial charge in [0.2, 0.25) is 0 Å². The molecular formula is C26H34N6O3. The summed E-state index contributed by atoms with van der Waals surface area (Å²) in [7, 11) is 3.24. The van der Waals surface area contributed by atoms with Crippen LogP contribution in [-0.2, 0) is 6.54 Å². The lowest BCUT2D eigenvalue weighted by Crippen LogP contribution is -2.50. The van der Waals surface area contributed by atoms with Crippen LogP contribution in [0, 0.1) is 0 Å². The lowest BCUT2D eigenvalue weighted by Gasteiger charge is -2.39. The molecule has 1 fully saturated rings. The van der Waals surface area contributed by atoms with Crippen molar-refractivity contribution in [2.45, 2.75) is 45.2 Å². The summed E-state index contributed by atoms with van der Waals surface area (Å²) in [6, 6.07) is 9.73. The minimum Gasteiger partial charge on any atom is -0.493 e. The number of fused-ring (bicyclic) bond motifs is 1. The molecule has 1 aromatic carbocycles. The van der Waals surface area contributed by atoms with E-state index in [1.54, 1.807) is 26.7 Å². The number of urea groups is 1. The summed E-state index contributed by atoms with van der Waals surface area (Å²) in [5, 5.41) is 4.01. The molecule has 0 aliphatic carbocycles. The predicted octanol–water partition coefficient (Wildman–Crippen LogP) is 4.02. The Morgan fingerprint density at radius 3 is 2.57 bits per heavy atom. The molecule has 35 heavy (non-hydrogen) atoms. The summed E-state index contributed by atoms with van der Waals surface area (Å²) < 4.78 is 10.9. The molecule has 0 saturated carbocycles. The molecule has 1 aliphatic rings. The number of piperidine rings is 1. The highest BCUT2D eigenvalue weighted by Crippen LogP contribution is 2.35. The van der Waals surface area contributed by atoms with Gasteiger partial charge >= 0.3 is 6.03 Å². The average Bonchev–Trinajstić information content (AvgIpc) is 2.91. The van der Waals surface area contributed by atoms with Gasteiger partial charge in [0.25, 0.3) is 0 Å². The summed E-state index contributed by atoms with van der Waals surface area (Å²) in [5.41, 5.74) is 1.70. The van der Waals surface area contributed by atoms with Gasteiger partial charge in [0, 0.05) is 43.3 Å². The van der Waals surface area contributed by atoms with Gasteiger partial charge in [-0.05, 0) is 37.5 Å². The number of ether oxygens (including phenoxy) is 2. The third kappa shape index (κ3) is 5.72. The molecule has 0 atom stereocenters. The maximum absolute atomic E-state index is 13.1. The number of anilines is 1. The monoisotopic (exact) mass is 478 g/mol. The standard InChI is InChI=1S/C26H34N6O3/c1-4-5-11-28-26(33)32(17-19-8-6-7-12-27-19)20-9-13-31(14-10-20)25-21-15-23(34-2)24(35-3)16-22(21)29-18-30-25/h6-8,12,15-16,18,20H,4-5,9-11,13-14,17H2,1-3H3,(H,28,33). The Labute approximate surface area is 206 Å². The number of amides is 2. The molecule has 0 radical (unpaired) electrons. The number of aromatic nitrogens is 3. The van der Waals surface area contributed by atoms with Crippen molar-refractivity contribution in [2.24, 2.45) is 0 Å². The zero-order valence-electron chi connectivity index (χ0n) is 20.7. The smallest absolute Gasteiger partial charge is 0.318 e. The number of carbonyl (C=O) groups excluding carboxylic acids is 1. The summed E-state index contributed by atoms with van der Waals surface area (Å²) >= 11 is 0. The van der Waals surface area contributed by atoms with Crippen LogP contribution in [0.25, 0.3) is 10.9 Å². The summed E-state index contributed by atoms with van der Waals surface area (Å²) in [5.74, 6) is 2.16. The molecule has 1 N–H and O–H groups in total. The van der Waals surface area contributed by atoms with E-state index in [0.717, 1.165) is 61.2 Å². The van der Waals surface area contributed by atoms with Crippen LogP contribution >= 0.6 is 0 Å². The van der Waals surface area contributed by atoms with Crippen LogP contribution in [0.15, 0.2) is 42.9 Å². The van der Waals surface area contributed by atoms with Gasteiger partial charge in [-0.25, -0.2) is 14.8 Å². The molecule has 3 heterocycles. The fourth-order valence-electron chi connectivity index (χ4n) is 4.52. The number of pyridine rings is 1. The highest BCUT2D eigenvalue weighted by molar-refractivity contribution is 5.92. The summed E-state index contributed by atoms with van der Waals surface area (Å²) in [6.07, 6.45) is 7.05. The molecule has 0 bridgehead atoms. The number of methoxy groups -OCH3 is 2. The SMILES string of the molecule is CCCCNC(=O)N(Cc1ccccn1)C1CCN(c2ncnc3cc(OC)c(OC)cc23)CC1. The van der Waals surface area contributed by atoms with E-state index < -0.39 is 0 Å². The lowest BCUT2D eigenvalue weighted by molar-refractivity contribution is 0.156. The number of hydrogen-bond acceptors (Lipinski definition) is 7. The zero-order chi connectivity index (χ0) is 24.6. The predicted molar refractivity (Wildman–Crippen MR) is 136 cm³/mol. The first-order valence-electron chi connectivity index (χ1n) is 12.2. The second-order valence-electron chi connectivity index (χ2n) is 8.67. The average molecular weight is 479 g/mol. The molecule has 2 amide bonds. The van der Waals surface area contributed by atoms with Crippen LogP contribution in [0.1, 0.15) is 38.3 Å². The topological polar surface area (TPSA) is 92.7 Å². The molecule has 186 valence electrons. The molecule has 2 aromatic heterocycles. The van der Waals surface area contributed by atoms with E-state index in [1.807, 2.05) is 35.2 Å². The van der Waals surface area contributed by atoms with E-state index in [2.05, 4.69) is 32.1 Å².